The predicted octanol–water partition coefficient (Wildman–Crippen LogP) is 2.94. The Hall–Kier alpha value is -1.88. The van der Waals surface area contributed by atoms with Crippen molar-refractivity contribution in [2.45, 2.75) is 11.4 Å². The van der Waals surface area contributed by atoms with Crippen molar-refractivity contribution in [3.63, 3.8) is 0 Å². The van der Waals surface area contributed by atoms with Crippen LogP contribution in [0.2, 0.25) is 0 Å². The SMILES string of the molecule is CN=C(NCCSc1ccccc1F)NCc1nnc2ccccn12.I. The first-order valence-electron chi connectivity index (χ1n) is 7.88. The fraction of sp³-hybridized carbons (Fsp3) is 0.235. The number of aliphatic imine (C=N–C) groups is 1. The molecule has 3 rings (SSSR count). The van der Waals surface area contributed by atoms with E-state index >= 15 is 0 Å². The highest BCUT2D eigenvalue weighted by Gasteiger charge is 2.06. The fourth-order valence-corrected chi connectivity index (χ4v) is 3.09. The van der Waals surface area contributed by atoms with E-state index in [0.717, 1.165) is 17.2 Å². The van der Waals surface area contributed by atoms with Gasteiger partial charge in [-0.05, 0) is 24.3 Å². The van der Waals surface area contributed by atoms with Gasteiger partial charge >= 0.3 is 0 Å². The molecule has 2 heterocycles. The van der Waals surface area contributed by atoms with Crippen LogP contribution in [0.3, 0.4) is 0 Å². The molecule has 0 aliphatic carbocycles. The van der Waals surface area contributed by atoms with Gasteiger partial charge in [0, 0.05) is 30.4 Å². The van der Waals surface area contributed by atoms with Gasteiger partial charge in [0.2, 0.25) is 0 Å². The van der Waals surface area contributed by atoms with Gasteiger partial charge in [0.05, 0.1) is 6.54 Å². The second-order valence-electron chi connectivity index (χ2n) is 5.18. The Morgan fingerprint density at radius 3 is 2.77 bits per heavy atom. The van der Waals surface area contributed by atoms with E-state index in [1.165, 1.54) is 17.8 Å². The first kappa shape index (κ1) is 20.4. The van der Waals surface area contributed by atoms with E-state index in [1.54, 1.807) is 19.2 Å². The number of pyridine rings is 1. The first-order valence-corrected chi connectivity index (χ1v) is 8.87. The lowest BCUT2D eigenvalue weighted by molar-refractivity contribution is 0.602. The molecule has 0 spiro atoms. The summed E-state index contributed by atoms with van der Waals surface area (Å²) in [5.74, 6) is 2.02. The van der Waals surface area contributed by atoms with Crippen LogP contribution in [0.5, 0.6) is 0 Å². The molecule has 0 saturated carbocycles. The van der Waals surface area contributed by atoms with Crippen molar-refractivity contribution >= 4 is 47.3 Å². The third-order valence-electron chi connectivity index (χ3n) is 3.51. The Morgan fingerprint density at radius 2 is 1.96 bits per heavy atom. The molecule has 1 aromatic carbocycles. The van der Waals surface area contributed by atoms with Gasteiger partial charge in [0.1, 0.15) is 5.82 Å². The Morgan fingerprint density at radius 1 is 1.15 bits per heavy atom. The van der Waals surface area contributed by atoms with Crippen LogP contribution < -0.4 is 10.6 Å². The van der Waals surface area contributed by atoms with E-state index in [9.17, 15) is 4.39 Å². The molecule has 0 radical (unpaired) electrons. The number of thioether (sulfide) groups is 1. The summed E-state index contributed by atoms with van der Waals surface area (Å²) in [6, 6.07) is 12.5. The third kappa shape index (κ3) is 5.31. The molecule has 6 nitrogen and oxygen atoms in total. The van der Waals surface area contributed by atoms with Crippen molar-refractivity contribution in [3.8, 4) is 0 Å². The highest BCUT2D eigenvalue weighted by molar-refractivity contribution is 14.0. The minimum Gasteiger partial charge on any atom is -0.356 e. The normalized spacial score (nSPS) is 11.2. The Kier molecular flexibility index (Phi) is 8.10. The third-order valence-corrected chi connectivity index (χ3v) is 4.56. The summed E-state index contributed by atoms with van der Waals surface area (Å²) in [7, 11) is 1.71. The van der Waals surface area contributed by atoms with Crippen LogP contribution >= 0.6 is 35.7 Å². The number of benzene rings is 1. The van der Waals surface area contributed by atoms with Gasteiger partial charge in [-0.15, -0.1) is 45.9 Å². The van der Waals surface area contributed by atoms with Crippen molar-refractivity contribution in [1.29, 1.82) is 0 Å². The fourth-order valence-electron chi connectivity index (χ4n) is 2.29. The van der Waals surface area contributed by atoms with Gasteiger partial charge in [0.15, 0.2) is 17.4 Å². The van der Waals surface area contributed by atoms with E-state index in [2.05, 4.69) is 25.8 Å². The quantitative estimate of drug-likeness (QED) is 0.185. The molecule has 0 aliphatic rings. The first-order chi connectivity index (χ1) is 12.3. The van der Waals surface area contributed by atoms with Gasteiger partial charge in [-0.3, -0.25) is 9.39 Å². The minimum absolute atomic E-state index is 0. The summed E-state index contributed by atoms with van der Waals surface area (Å²) in [5.41, 5.74) is 0.809. The zero-order valence-corrected chi connectivity index (χ0v) is 17.4. The Labute approximate surface area is 172 Å². The summed E-state index contributed by atoms with van der Waals surface area (Å²) in [5, 5.41) is 14.7. The van der Waals surface area contributed by atoms with E-state index in [4.69, 9.17) is 0 Å². The van der Waals surface area contributed by atoms with E-state index < -0.39 is 0 Å². The van der Waals surface area contributed by atoms with Crippen molar-refractivity contribution in [2.24, 2.45) is 4.99 Å². The Bertz CT molecular complexity index is 869. The Balaban J connectivity index is 0.00000243. The zero-order chi connectivity index (χ0) is 17.5. The van der Waals surface area contributed by atoms with Crippen LogP contribution in [0, 0.1) is 5.82 Å². The van der Waals surface area contributed by atoms with Crippen molar-refractivity contribution < 1.29 is 4.39 Å². The lowest BCUT2D eigenvalue weighted by Gasteiger charge is -2.11. The molecule has 0 unspecified atom stereocenters. The molecular formula is C17H20FIN6S. The summed E-state index contributed by atoms with van der Waals surface area (Å²) in [6.45, 7) is 1.17. The van der Waals surface area contributed by atoms with Crippen molar-refractivity contribution in [1.82, 2.24) is 25.2 Å². The maximum absolute atomic E-state index is 13.6. The molecule has 0 amide bonds. The van der Waals surface area contributed by atoms with Gasteiger partial charge in [0.25, 0.3) is 0 Å². The second-order valence-corrected chi connectivity index (χ2v) is 6.31. The van der Waals surface area contributed by atoms with E-state index in [-0.39, 0.29) is 29.8 Å². The number of nitrogens with one attached hydrogen (secondary N) is 2. The predicted molar refractivity (Wildman–Crippen MR) is 114 cm³/mol. The highest BCUT2D eigenvalue weighted by atomic mass is 127. The number of hydrogen-bond donors (Lipinski definition) is 2. The molecule has 0 aliphatic heterocycles. The molecule has 138 valence electrons. The van der Waals surface area contributed by atoms with Crippen LogP contribution in [0.25, 0.3) is 5.65 Å². The molecule has 2 N–H and O–H groups in total. The number of halogens is 2. The largest absolute Gasteiger partial charge is 0.356 e. The maximum atomic E-state index is 13.6. The molecule has 0 fully saturated rings. The maximum Gasteiger partial charge on any atom is 0.191 e. The summed E-state index contributed by atoms with van der Waals surface area (Å²) < 4.78 is 15.5. The average Bonchev–Trinajstić information content (AvgIpc) is 3.06. The zero-order valence-electron chi connectivity index (χ0n) is 14.2. The number of hydrogen-bond acceptors (Lipinski definition) is 4. The molecule has 0 atom stereocenters. The summed E-state index contributed by atoms with van der Waals surface area (Å²) >= 11 is 1.47. The molecule has 9 heteroatoms. The lowest BCUT2D eigenvalue weighted by Crippen LogP contribution is -2.38. The van der Waals surface area contributed by atoms with Crippen LogP contribution in [0.1, 0.15) is 5.82 Å². The molecule has 3 aromatic rings. The van der Waals surface area contributed by atoms with Gasteiger partial charge in [-0.2, -0.15) is 0 Å². The molecule has 0 bridgehead atoms. The molecule has 26 heavy (non-hydrogen) atoms. The summed E-state index contributed by atoms with van der Waals surface area (Å²) in [6.07, 6.45) is 1.92. The second kappa shape index (κ2) is 10.3. The number of nitrogens with zero attached hydrogens (tertiary/aromatic N) is 4. The number of guanidine groups is 1. The number of fused-ring (bicyclic) bond motifs is 1. The smallest absolute Gasteiger partial charge is 0.191 e. The van der Waals surface area contributed by atoms with Crippen LogP contribution in [-0.2, 0) is 6.54 Å². The van der Waals surface area contributed by atoms with Gasteiger partial charge in [-0.25, -0.2) is 4.39 Å². The monoisotopic (exact) mass is 486 g/mol. The standard InChI is InChI=1S/C17H19FN6S.HI/c1-19-17(20-9-11-25-14-7-3-2-6-13(14)18)21-12-16-23-22-15-8-4-5-10-24(15)16;/h2-8,10H,9,11-12H2,1H3,(H2,19,20,21);1H. The van der Waals surface area contributed by atoms with Crippen LogP contribution in [0.4, 0.5) is 4.39 Å². The summed E-state index contributed by atoms with van der Waals surface area (Å²) in [4.78, 5) is 4.84. The van der Waals surface area contributed by atoms with Crippen LogP contribution in [-0.4, -0.2) is 39.9 Å². The topological polar surface area (TPSA) is 66.6 Å². The molecule has 2 aromatic heterocycles. The highest BCUT2D eigenvalue weighted by Crippen LogP contribution is 2.20. The molecular weight excluding hydrogens is 466 g/mol. The van der Waals surface area contributed by atoms with E-state index in [0.29, 0.717) is 23.9 Å². The lowest BCUT2D eigenvalue weighted by atomic mass is 10.3. The van der Waals surface area contributed by atoms with Gasteiger partial charge in [-0.1, -0.05) is 18.2 Å². The van der Waals surface area contributed by atoms with Crippen molar-refractivity contribution in [3.05, 3.63) is 60.3 Å². The minimum atomic E-state index is -0.186. The average molecular weight is 486 g/mol. The van der Waals surface area contributed by atoms with Crippen LogP contribution in [0.15, 0.2) is 58.5 Å². The van der Waals surface area contributed by atoms with E-state index in [1.807, 2.05) is 34.9 Å². The molecule has 0 saturated heterocycles. The van der Waals surface area contributed by atoms with Gasteiger partial charge < -0.3 is 10.6 Å². The number of aromatic nitrogens is 3. The number of rotatable bonds is 6. The van der Waals surface area contributed by atoms with Crippen molar-refractivity contribution in [2.75, 3.05) is 19.3 Å².